The Balaban J connectivity index is 1.66. The lowest BCUT2D eigenvalue weighted by Crippen LogP contribution is -2.27. The highest BCUT2D eigenvalue weighted by atomic mass is 16.6. The molecule has 0 radical (unpaired) electrons. The number of nitrogens with zero attached hydrogens (tertiary/aromatic N) is 2. The van der Waals surface area contributed by atoms with Gasteiger partial charge in [-0.15, -0.1) is 0 Å². The van der Waals surface area contributed by atoms with E-state index in [1.165, 1.54) is 12.8 Å². The van der Waals surface area contributed by atoms with Gasteiger partial charge in [-0.2, -0.15) is 0 Å². The summed E-state index contributed by atoms with van der Waals surface area (Å²) in [6.45, 7) is 3.98. The number of hydrogen-bond acceptors (Lipinski definition) is 4. The van der Waals surface area contributed by atoms with Crippen molar-refractivity contribution in [3.05, 3.63) is 33.9 Å². The molecule has 1 unspecified atom stereocenters. The molecule has 1 aromatic rings. The second-order valence-corrected chi connectivity index (χ2v) is 5.61. The van der Waals surface area contributed by atoms with E-state index in [2.05, 4.69) is 10.2 Å². The van der Waals surface area contributed by atoms with Gasteiger partial charge in [-0.3, -0.25) is 15.0 Å². The van der Waals surface area contributed by atoms with Crippen molar-refractivity contribution in [3.8, 4) is 0 Å². The quantitative estimate of drug-likeness (QED) is 0.668. The van der Waals surface area contributed by atoms with Gasteiger partial charge in [-0.1, -0.05) is 6.07 Å². The Morgan fingerprint density at radius 1 is 1.37 bits per heavy atom. The minimum Gasteiger partial charge on any atom is -0.381 e. The number of nitro groups is 1. The molecule has 1 heterocycles. The Kier molecular flexibility index (Phi) is 3.14. The molecule has 3 rings (SSSR count). The minimum atomic E-state index is -0.314. The maximum Gasteiger partial charge on any atom is 0.274 e. The molecule has 5 heteroatoms. The summed E-state index contributed by atoms with van der Waals surface area (Å²) >= 11 is 0. The van der Waals surface area contributed by atoms with Crippen molar-refractivity contribution in [2.45, 2.75) is 38.3 Å². The summed E-state index contributed by atoms with van der Waals surface area (Å²) in [5.74, 6) is 0. The van der Waals surface area contributed by atoms with Crippen LogP contribution in [0.15, 0.2) is 18.2 Å². The van der Waals surface area contributed by atoms with Crippen LogP contribution in [0, 0.1) is 17.0 Å². The Labute approximate surface area is 112 Å². The van der Waals surface area contributed by atoms with Crippen molar-refractivity contribution < 1.29 is 4.92 Å². The van der Waals surface area contributed by atoms with Crippen LogP contribution in [-0.2, 0) is 0 Å². The molecule has 2 aliphatic rings. The zero-order valence-electron chi connectivity index (χ0n) is 11.1. The molecule has 1 aliphatic heterocycles. The summed E-state index contributed by atoms with van der Waals surface area (Å²) in [6, 6.07) is 6.62. The summed E-state index contributed by atoms with van der Waals surface area (Å²) in [4.78, 5) is 13.1. The fourth-order valence-electron chi connectivity index (χ4n) is 2.81. The molecule has 1 saturated heterocycles. The number of aryl methyl sites for hydroxylation is 1. The largest absolute Gasteiger partial charge is 0.381 e. The van der Waals surface area contributed by atoms with Crippen LogP contribution in [-0.4, -0.2) is 35.0 Å². The number of likely N-dealkylation sites (tertiary alicyclic amines) is 1. The van der Waals surface area contributed by atoms with E-state index in [0.29, 0.717) is 11.6 Å². The van der Waals surface area contributed by atoms with Gasteiger partial charge in [0.2, 0.25) is 0 Å². The lowest BCUT2D eigenvalue weighted by molar-refractivity contribution is -0.385. The second kappa shape index (κ2) is 4.81. The van der Waals surface area contributed by atoms with Crippen LogP contribution in [0.4, 0.5) is 11.4 Å². The van der Waals surface area contributed by atoms with Crippen molar-refractivity contribution in [2.24, 2.45) is 0 Å². The summed E-state index contributed by atoms with van der Waals surface area (Å²) in [5.41, 5.74) is 1.77. The topological polar surface area (TPSA) is 58.4 Å². The smallest absolute Gasteiger partial charge is 0.274 e. The van der Waals surface area contributed by atoms with E-state index in [9.17, 15) is 10.1 Å². The van der Waals surface area contributed by atoms with Crippen molar-refractivity contribution in [1.82, 2.24) is 4.90 Å². The summed E-state index contributed by atoms with van der Waals surface area (Å²) < 4.78 is 0. The monoisotopic (exact) mass is 261 g/mol. The lowest BCUT2D eigenvalue weighted by atomic mass is 10.1. The highest BCUT2D eigenvalue weighted by Gasteiger charge is 2.34. The van der Waals surface area contributed by atoms with E-state index in [1.54, 1.807) is 13.0 Å². The van der Waals surface area contributed by atoms with E-state index in [0.717, 1.165) is 31.2 Å². The maximum absolute atomic E-state index is 10.9. The maximum atomic E-state index is 10.9. The van der Waals surface area contributed by atoms with E-state index in [1.807, 2.05) is 12.1 Å². The molecule has 19 heavy (non-hydrogen) atoms. The number of benzene rings is 1. The molecule has 1 aliphatic carbocycles. The van der Waals surface area contributed by atoms with Gasteiger partial charge in [0.25, 0.3) is 5.69 Å². The molecule has 0 amide bonds. The zero-order chi connectivity index (χ0) is 13.4. The summed E-state index contributed by atoms with van der Waals surface area (Å²) in [6.07, 6.45) is 3.80. The van der Waals surface area contributed by atoms with Crippen LogP contribution in [0.1, 0.15) is 24.8 Å². The average Bonchev–Trinajstić information content (AvgIpc) is 3.12. The first-order chi connectivity index (χ1) is 9.13. The molecule has 5 nitrogen and oxygen atoms in total. The Bertz CT molecular complexity index is 499. The predicted molar refractivity (Wildman–Crippen MR) is 74.5 cm³/mol. The molecule has 1 aromatic carbocycles. The molecule has 1 atom stereocenters. The zero-order valence-corrected chi connectivity index (χ0v) is 11.1. The summed E-state index contributed by atoms with van der Waals surface area (Å²) in [7, 11) is 0. The van der Waals surface area contributed by atoms with Crippen molar-refractivity contribution in [3.63, 3.8) is 0 Å². The normalized spacial score (nSPS) is 23.5. The molecule has 0 spiro atoms. The Morgan fingerprint density at radius 3 is 2.84 bits per heavy atom. The van der Waals surface area contributed by atoms with E-state index < -0.39 is 0 Å². The van der Waals surface area contributed by atoms with Gasteiger partial charge >= 0.3 is 0 Å². The molecule has 1 saturated carbocycles. The highest BCUT2D eigenvalue weighted by molar-refractivity contribution is 5.55. The first kappa shape index (κ1) is 12.4. The van der Waals surface area contributed by atoms with Gasteiger partial charge in [0.15, 0.2) is 0 Å². The SMILES string of the molecule is Cc1ccc(NC2CCN(C3CC3)C2)cc1[N+](=O)[O-]. The van der Waals surface area contributed by atoms with Crippen molar-refractivity contribution in [2.75, 3.05) is 18.4 Å². The molecule has 0 aromatic heterocycles. The highest BCUT2D eigenvalue weighted by Crippen LogP contribution is 2.31. The number of anilines is 1. The van der Waals surface area contributed by atoms with Crippen LogP contribution in [0.5, 0.6) is 0 Å². The lowest BCUT2D eigenvalue weighted by Gasteiger charge is -2.16. The van der Waals surface area contributed by atoms with Gasteiger partial charge in [-0.25, -0.2) is 0 Å². The van der Waals surface area contributed by atoms with E-state index in [4.69, 9.17) is 0 Å². The number of nitro benzene ring substituents is 1. The van der Waals surface area contributed by atoms with Gasteiger partial charge in [-0.05, 0) is 32.3 Å². The first-order valence-electron chi connectivity index (χ1n) is 6.89. The standard InChI is InChI=1S/C14H19N3O2/c1-10-2-3-11(8-14(10)17(18)19)15-12-6-7-16(9-12)13-4-5-13/h2-3,8,12-13,15H,4-7,9H2,1H3. The summed E-state index contributed by atoms with van der Waals surface area (Å²) in [5, 5.41) is 14.4. The average molecular weight is 261 g/mol. The third kappa shape index (κ3) is 2.71. The third-order valence-corrected chi connectivity index (χ3v) is 4.06. The van der Waals surface area contributed by atoms with Crippen LogP contribution in [0.3, 0.4) is 0 Å². The third-order valence-electron chi connectivity index (χ3n) is 4.06. The molecule has 2 fully saturated rings. The minimum absolute atomic E-state index is 0.196. The van der Waals surface area contributed by atoms with Crippen molar-refractivity contribution in [1.29, 1.82) is 0 Å². The predicted octanol–water partition coefficient (Wildman–Crippen LogP) is 2.55. The van der Waals surface area contributed by atoms with Crippen LogP contribution >= 0.6 is 0 Å². The van der Waals surface area contributed by atoms with Crippen molar-refractivity contribution >= 4 is 11.4 Å². The van der Waals surface area contributed by atoms with E-state index >= 15 is 0 Å². The van der Waals surface area contributed by atoms with Crippen LogP contribution < -0.4 is 5.32 Å². The van der Waals surface area contributed by atoms with Gasteiger partial charge in [0.05, 0.1) is 4.92 Å². The van der Waals surface area contributed by atoms with Gasteiger partial charge in [0.1, 0.15) is 0 Å². The Hall–Kier alpha value is -1.62. The van der Waals surface area contributed by atoms with Crippen LogP contribution in [0.2, 0.25) is 0 Å². The first-order valence-corrected chi connectivity index (χ1v) is 6.89. The molecular formula is C14H19N3O2. The number of hydrogen-bond donors (Lipinski definition) is 1. The van der Waals surface area contributed by atoms with Crippen LogP contribution in [0.25, 0.3) is 0 Å². The number of nitrogens with one attached hydrogen (secondary N) is 1. The van der Waals surface area contributed by atoms with Gasteiger partial charge < -0.3 is 5.32 Å². The second-order valence-electron chi connectivity index (χ2n) is 5.61. The molecular weight excluding hydrogens is 242 g/mol. The van der Waals surface area contributed by atoms with E-state index in [-0.39, 0.29) is 10.6 Å². The number of rotatable bonds is 4. The fraction of sp³-hybridized carbons (Fsp3) is 0.571. The molecule has 102 valence electrons. The molecule has 0 bridgehead atoms. The Morgan fingerprint density at radius 2 is 2.16 bits per heavy atom. The fourth-order valence-corrected chi connectivity index (χ4v) is 2.81. The van der Waals surface area contributed by atoms with Gasteiger partial charge in [0, 0.05) is 42.5 Å². The molecule has 1 N–H and O–H groups in total.